The van der Waals surface area contributed by atoms with Crippen LogP contribution < -0.4 is 11.3 Å². The number of nitrogens with two attached hydrogens (primary N) is 1. The third-order valence-corrected chi connectivity index (χ3v) is 4.42. The van der Waals surface area contributed by atoms with Crippen molar-refractivity contribution >= 4 is 11.8 Å². The first-order chi connectivity index (χ1) is 10.1. The average Bonchev–Trinajstić information content (AvgIpc) is 2.49. The van der Waals surface area contributed by atoms with Crippen LogP contribution in [0.1, 0.15) is 29.7 Å². The summed E-state index contributed by atoms with van der Waals surface area (Å²) in [6, 6.07) is 13.2. The van der Waals surface area contributed by atoms with Gasteiger partial charge in [0.05, 0.1) is 0 Å². The number of benzene rings is 2. The summed E-state index contributed by atoms with van der Waals surface area (Å²) in [4.78, 5) is 1.25. The van der Waals surface area contributed by atoms with Gasteiger partial charge in [-0.2, -0.15) is 0 Å². The number of hydrogen-bond acceptors (Lipinski definition) is 3. The molecule has 0 bridgehead atoms. The molecule has 0 aliphatic heterocycles. The quantitative estimate of drug-likeness (QED) is 0.481. The molecule has 4 heteroatoms. The molecule has 0 amide bonds. The zero-order chi connectivity index (χ0) is 15.2. The molecule has 0 aliphatic carbocycles. The Morgan fingerprint density at radius 1 is 1.19 bits per heavy atom. The van der Waals surface area contributed by atoms with Crippen molar-refractivity contribution in [3.63, 3.8) is 0 Å². The van der Waals surface area contributed by atoms with E-state index < -0.39 is 0 Å². The summed E-state index contributed by atoms with van der Waals surface area (Å²) in [5.41, 5.74) is 6.00. The van der Waals surface area contributed by atoms with E-state index in [1.54, 1.807) is 12.1 Å². The molecule has 0 saturated heterocycles. The summed E-state index contributed by atoms with van der Waals surface area (Å²) in [6.45, 7) is 4.12. The minimum Gasteiger partial charge on any atom is -0.271 e. The third-order valence-electron chi connectivity index (χ3n) is 3.53. The van der Waals surface area contributed by atoms with Crippen LogP contribution in [0.5, 0.6) is 0 Å². The zero-order valence-corrected chi connectivity index (χ0v) is 13.2. The molecule has 2 aromatic carbocycles. The minimum absolute atomic E-state index is 0.0221. The monoisotopic (exact) mass is 304 g/mol. The highest BCUT2D eigenvalue weighted by atomic mass is 32.2. The normalized spacial score (nSPS) is 12.4. The number of thioether (sulfide) groups is 1. The molecule has 2 rings (SSSR count). The maximum atomic E-state index is 13.4. The average molecular weight is 304 g/mol. The number of halogens is 1. The van der Waals surface area contributed by atoms with Gasteiger partial charge in [0.25, 0.3) is 0 Å². The van der Waals surface area contributed by atoms with Crippen molar-refractivity contribution in [1.29, 1.82) is 0 Å². The number of nitrogens with one attached hydrogen (secondary N) is 1. The van der Waals surface area contributed by atoms with Crippen LogP contribution in [0.15, 0.2) is 47.4 Å². The van der Waals surface area contributed by atoms with Crippen molar-refractivity contribution in [3.8, 4) is 0 Å². The smallest absolute Gasteiger partial charge is 0.123 e. The maximum absolute atomic E-state index is 13.4. The van der Waals surface area contributed by atoms with Crippen LogP contribution in [-0.2, 0) is 6.42 Å². The highest BCUT2D eigenvalue weighted by Gasteiger charge is 2.12. The minimum atomic E-state index is -0.207. The second-order valence-electron chi connectivity index (χ2n) is 5.00. The van der Waals surface area contributed by atoms with Crippen LogP contribution in [0, 0.1) is 12.7 Å². The summed E-state index contributed by atoms with van der Waals surface area (Å²) in [5.74, 6) is 6.54. The second kappa shape index (κ2) is 7.59. The van der Waals surface area contributed by atoms with Crippen LogP contribution in [0.2, 0.25) is 0 Å². The van der Waals surface area contributed by atoms with E-state index in [1.165, 1.54) is 11.0 Å². The lowest BCUT2D eigenvalue weighted by Crippen LogP contribution is -2.29. The van der Waals surface area contributed by atoms with Crippen molar-refractivity contribution in [3.05, 3.63) is 65.0 Å². The molecule has 1 unspecified atom stereocenters. The number of hydrazine groups is 1. The van der Waals surface area contributed by atoms with Gasteiger partial charge in [-0.15, -0.1) is 11.8 Å². The topological polar surface area (TPSA) is 38.0 Å². The van der Waals surface area contributed by atoms with Gasteiger partial charge >= 0.3 is 0 Å². The van der Waals surface area contributed by atoms with Crippen LogP contribution in [0.3, 0.4) is 0 Å². The molecule has 21 heavy (non-hydrogen) atoms. The Kier molecular flexibility index (Phi) is 5.79. The molecule has 0 radical (unpaired) electrons. The molecular formula is C17H21FN2S. The molecule has 112 valence electrons. The first-order valence-corrected chi connectivity index (χ1v) is 8.06. The van der Waals surface area contributed by atoms with Gasteiger partial charge in [-0.05, 0) is 60.1 Å². The molecule has 0 aromatic heterocycles. The molecule has 0 aliphatic rings. The van der Waals surface area contributed by atoms with Crippen LogP contribution in [0.25, 0.3) is 0 Å². The van der Waals surface area contributed by atoms with Crippen LogP contribution in [0.4, 0.5) is 4.39 Å². The van der Waals surface area contributed by atoms with Crippen molar-refractivity contribution in [2.75, 3.05) is 5.75 Å². The van der Waals surface area contributed by atoms with Crippen molar-refractivity contribution in [2.45, 2.75) is 31.2 Å². The lowest BCUT2D eigenvalue weighted by molar-refractivity contribution is 0.547. The first-order valence-electron chi connectivity index (χ1n) is 7.08. The molecule has 2 aromatic rings. The van der Waals surface area contributed by atoms with Gasteiger partial charge in [0.2, 0.25) is 0 Å². The van der Waals surface area contributed by atoms with Gasteiger partial charge in [-0.1, -0.05) is 25.1 Å². The molecule has 1 atom stereocenters. The van der Waals surface area contributed by atoms with E-state index >= 15 is 0 Å². The first kappa shape index (κ1) is 16.0. The summed E-state index contributed by atoms with van der Waals surface area (Å²) in [7, 11) is 0. The van der Waals surface area contributed by atoms with Gasteiger partial charge in [-0.25, -0.2) is 4.39 Å². The predicted molar refractivity (Wildman–Crippen MR) is 87.7 cm³/mol. The van der Waals surface area contributed by atoms with Crippen molar-refractivity contribution in [1.82, 2.24) is 5.43 Å². The van der Waals surface area contributed by atoms with Crippen molar-refractivity contribution in [2.24, 2.45) is 5.84 Å². The highest BCUT2D eigenvalue weighted by molar-refractivity contribution is 7.99. The fraction of sp³-hybridized carbons (Fsp3) is 0.294. The summed E-state index contributed by atoms with van der Waals surface area (Å²) in [5, 5.41) is 0. The van der Waals surface area contributed by atoms with E-state index in [0.717, 1.165) is 22.4 Å². The lowest BCUT2D eigenvalue weighted by Gasteiger charge is -2.18. The Bertz CT molecular complexity index is 584. The lowest BCUT2D eigenvalue weighted by atomic mass is 9.96. The van der Waals surface area contributed by atoms with Gasteiger partial charge in [0.1, 0.15) is 5.82 Å². The number of rotatable bonds is 6. The van der Waals surface area contributed by atoms with E-state index in [0.29, 0.717) is 6.42 Å². The number of hydrogen-bond donors (Lipinski definition) is 2. The Labute approximate surface area is 129 Å². The molecule has 3 N–H and O–H groups in total. The predicted octanol–water partition coefficient (Wildman–Crippen LogP) is 3.99. The fourth-order valence-corrected chi connectivity index (χ4v) is 2.98. The van der Waals surface area contributed by atoms with E-state index in [9.17, 15) is 4.39 Å². The maximum Gasteiger partial charge on any atom is 0.123 e. The third kappa shape index (κ3) is 4.30. The van der Waals surface area contributed by atoms with E-state index in [2.05, 4.69) is 36.6 Å². The largest absolute Gasteiger partial charge is 0.271 e. The van der Waals surface area contributed by atoms with Gasteiger partial charge in [-0.3, -0.25) is 11.3 Å². The summed E-state index contributed by atoms with van der Waals surface area (Å²) in [6.07, 6.45) is 0.667. The SMILES string of the molecule is CCSc1ccc(C(Cc2cc(F)ccc2C)NN)cc1. The van der Waals surface area contributed by atoms with E-state index in [4.69, 9.17) is 5.84 Å². The molecule has 0 saturated carbocycles. The van der Waals surface area contributed by atoms with Gasteiger partial charge in [0, 0.05) is 10.9 Å². The van der Waals surface area contributed by atoms with Gasteiger partial charge in [0.15, 0.2) is 0 Å². The Hall–Kier alpha value is -1.36. The summed E-state index contributed by atoms with van der Waals surface area (Å²) >= 11 is 1.81. The number of aryl methyl sites for hydroxylation is 1. The second-order valence-corrected chi connectivity index (χ2v) is 6.33. The standard InChI is InChI=1S/C17H21FN2S/c1-3-21-16-8-5-13(6-9-16)17(20-19)11-14-10-15(18)7-4-12(14)2/h4-10,17,20H,3,11,19H2,1-2H3. The Balaban J connectivity index is 2.17. The molecule has 2 nitrogen and oxygen atoms in total. The Morgan fingerprint density at radius 3 is 2.52 bits per heavy atom. The van der Waals surface area contributed by atoms with Crippen molar-refractivity contribution < 1.29 is 4.39 Å². The summed E-state index contributed by atoms with van der Waals surface area (Å²) < 4.78 is 13.4. The van der Waals surface area contributed by atoms with Crippen LogP contribution >= 0.6 is 11.8 Å². The zero-order valence-electron chi connectivity index (χ0n) is 12.4. The molecular weight excluding hydrogens is 283 g/mol. The van der Waals surface area contributed by atoms with E-state index in [-0.39, 0.29) is 11.9 Å². The van der Waals surface area contributed by atoms with E-state index in [1.807, 2.05) is 18.7 Å². The molecule has 0 spiro atoms. The molecule has 0 heterocycles. The fourth-order valence-electron chi connectivity index (χ4n) is 2.32. The van der Waals surface area contributed by atoms with Crippen LogP contribution in [-0.4, -0.2) is 5.75 Å². The van der Waals surface area contributed by atoms with Gasteiger partial charge < -0.3 is 0 Å². The molecule has 0 fully saturated rings. The Morgan fingerprint density at radius 2 is 1.90 bits per heavy atom. The highest BCUT2D eigenvalue weighted by Crippen LogP contribution is 2.24.